The molecule has 0 aliphatic rings. The summed E-state index contributed by atoms with van der Waals surface area (Å²) in [6.07, 6.45) is 0.866. The quantitative estimate of drug-likeness (QED) is 0.348. The molecule has 1 N–H and O–H groups in total. The minimum absolute atomic E-state index is 0.0541. The van der Waals surface area contributed by atoms with Crippen molar-refractivity contribution in [3.63, 3.8) is 0 Å². The van der Waals surface area contributed by atoms with Crippen LogP contribution in [0.3, 0.4) is 0 Å². The van der Waals surface area contributed by atoms with Crippen LogP contribution in [0.2, 0.25) is 0 Å². The number of carbonyl (C=O) groups excluding carboxylic acids is 1. The molecule has 8 heteroatoms. The average molecular weight is 514 g/mol. The Labute approximate surface area is 225 Å². The Balaban J connectivity index is 1.70. The summed E-state index contributed by atoms with van der Waals surface area (Å²) >= 11 is 0. The number of nitrogens with zero attached hydrogens (tertiary/aromatic N) is 6. The highest BCUT2D eigenvalue weighted by atomic mass is 16.2. The highest BCUT2D eigenvalue weighted by molar-refractivity contribution is 6.07. The molecule has 1 amide bonds. The van der Waals surface area contributed by atoms with Gasteiger partial charge in [-0.15, -0.1) is 0 Å². The lowest BCUT2D eigenvalue weighted by Crippen LogP contribution is -2.28. The molecule has 0 unspecified atom stereocenters. The van der Waals surface area contributed by atoms with Gasteiger partial charge in [-0.25, -0.2) is 9.97 Å². The molecule has 4 aromatic rings. The van der Waals surface area contributed by atoms with E-state index in [4.69, 9.17) is 9.97 Å². The van der Waals surface area contributed by atoms with Crippen LogP contribution < -0.4 is 5.32 Å². The van der Waals surface area contributed by atoms with Crippen LogP contribution in [-0.4, -0.2) is 69.7 Å². The van der Waals surface area contributed by atoms with Gasteiger partial charge in [0.05, 0.1) is 51.8 Å². The SMILES string of the molecule is CCc1nn(C)c(CN(C)C(=O)c2cc(-c3ccc(NCCN(C)C)c(C)n3)nc3ccc(C)cc23)c1C. The maximum Gasteiger partial charge on any atom is 0.254 e. The fraction of sp³-hybridized carbons (Fsp3) is 0.400. The molecule has 1 aromatic carbocycles. The number of pyridine rings is 2. The highest BCUT2D eigenvalue weighted by Crippen LogP contribution is 2.28. The minimum atomic E-state index is -0.0541. The number of hydrogen-bond donors (Lipinski definition) is 1. The number of aryl methyl sites for hydroxylation is 4. The van der Waals surface area contributed by atoms with Crippen molar-refractivity contribution in [1.29, 1.82) is 0 Å². The van der Waals surface area contributed by atoms with Crippen LogP contribution in [0.5, 0.6) is 0 Å². The first-order valence-electron chi connectivity index (χ1n) is 13.1. The number of hydrogen-bond acceptors (Lipinski definition) is 6. The molecule has 0 fully saturated rings. The van der Waals surface area contributed by atoms with Crippen molar-refractivity contribution in [3.8, 4) is 11.4 Å². The fourth-order valence-corrected chi connectivity index (χ4v) is 4.74. The summed E-state index contributed by atoms with van der Waals surface area (Å²) in [6.45, 7) is 10.5. The summed E-state index contributed by atoms with van der Waals surface area (Å²) in [7, 11) is 7.90. The minimum Gasteiger partial charge on any atom is -0.382 e. The molecule has 0 atom stereocenters. The number of rotatable bonds is 9. The lowest BCUT2D eigenvalue weighted by molar-refractivity contribution is 0.0783. The van der Waals surface area contributed by atoms with Gasteiger partial charge in [0.25, 0.3) is 5.91 Å². The second kappa shape index (κ2) is 11.3. The van der Waals surface area contributed by atoms with Crippen molar-refractivity contribution in [2.75, 3.05) is 39.5 Å². The maximum absolute atomic E-state index is 13.9. The monoisotopic (exact) mass is 513 g/mol. The van der Waals surface area contributed by atoms with Crippen molar-refractivity contribution in [3.05, 3.63) is 70.2 Å². The number of benzene rings is 1. The summed E-state index contributed by atoms with van der Waals surface area (Å²) in [6, 6.07) is 11.9. The highest BCUT2D eigenvalue weighted by Gasteiger charge is 2.21. The molecule has 3 aromatic heterocycles. The van der Waals surface area contributed by atoms with Gasteiger partial charge in [0.1, 0.15) is 0 Å². The summed E-state index contributed by atoms with van der Waals surface area (Å²) in [5, 5.41) is 8.92. The first kappa shape index (κ1) is 27.3. The van der Waals surface area contributed by atoms with E-state index in [9.17, 15) is 4.79 Å². The van der Waals surface area contributed by atoms with E-state index in [1.807, 2.05) is 69.0 Å². The van der Waals surface area contributed by atoms with E-state index in [-0.39, 0.29) is 5.91 Å². The number of carbonyl (C=O) groups is 1. The predicted octanol–water partition coefficient (Wildman–Crippen LogP) is 4.76. The lowest BCUT2D eigenvalue weighted by atomic mass is 10.0. The molecule has 0 aliphatic carbocycles. The number of fused-ring (bicyclic) bond motifs is 1. The smallest absolute Gasteiger partial charge is 0.254 e. The summed E-state index contributed by atoms with van der Waals surface area (Å²) in [4.78, 5) is 27.5. The van der Waals surface area contributed by atoms with Crippen LogP contribution >= 0.6 is 0 Å². The summed E-state index contributed by atoms with van der Waals surface area (Å²) in [5.41, 5.74) is 9.07. The Morgan fingerprint density at radius 1 is 1.00 bits per heavy atom. The van der Waals surface area contributed by atoms with Crippen LogP contribution in [0, 0.1) is 20.8 Å². The summed E-state index contributed by atoms with van der Waals surface area (Å²) in [5.74, 6) is -0.0541. The number of nitrogens with one attached hydrogen (secondary N) is 1. The van der Waals surface area contributed by atoms with E-state index in [0.717, 1.165) is 70.0 Å². The molecular weight excluding hydrogens is 474 g/mol. The van der Waals surface area contributed by atoms with Crippen LogP contribution in [0.15, 0.2) is 36.4 Å². The van der Waals surface area contributed by atoms with Crippen LogP contribution in [0.25, 0.3) is 22.3 Å². The third kappa shape index (κ3) is 5.70. The average Bonchev–Trinajstić information content (AvgIpc) is 3.15. The zero-order valence-electron chi connectivity index (χ0n) is 23.9. The molecule has 3 heterocycles. The maximum atomic E-state index is 13.9. The van der Waals surface area contributed by atoms with Gasteiger partial charge in [0, 0.05) is 32.6 Å². The van der Waals surface area contributed by atoms with Gasteiger partial charge in [-0.3, -0.25) is 9.48 Å². The first-order chi connectivity index (χ1) is 18.1. The van der Waals surface area contributed by atoms with Gasteiger partial charge < -0.3 is 15.1 Å². The third-order valence-electron chi connectivity index (χ3n) is 7.01. The topological polar surface area (TPSA) is 79.2 Å². The Kier molecular flexibility index (Phi) is 8.11. The number of anilines is 1. The van der Waals surface area contributed by atoms with Crippen LogP contribution in [-0.2, 0) is 20.0 Å². The predicted molar refractivity (Wildman–Crippen MR) is 155 cm³/mol. The van der Waals surface area contributed by atoms with E-state index < -0.39 is 0 Å². The number of likely N-dealkylation sites (N-methyl/N-ethyl adjacent to an activating group) is 1. The second-order valence-electron chi connectivity index (χ2n) is 10.3. The zero-order chi connectivity index (χ0) is 27.6. The van der Waals surface area contributed by atoms with Crippen molar-refractivity contribution in [2.45, 2.75) is 40.7 Å². The van der Waals surface area contributed by atoms with Gasteiger partial charge in [0.15, 0.2) is 0 Å². The Bertz CT molecular complexity index is 1470. The Morgan fingerprint density at radius 2 is 1.76 bits per heavy atom. The standard InChI is InChI=1S/C30H39N7O/c1-9-24-20(3)29(37(8)34-24)18-36(7)30(38)23-17-28(33-26-11-10-19(2)16-22(23)26)27-13-12-25(21(4)32-27)31-14-15-35(5)6/h10-13,16-17,31H,9,14-15,18H2,1-8H3. The van der Waals surface area contributed by atoms with Gasteiger partial charge in [0.2, 0.25) is 0 Å². The molecular formula is C30H39N7O. The zero-order valence-corrected chi connectivity index (χ0v) is 23.9. The Hall–Kier alpha value is -3.78. The molecule has 8 nitrogen and oxygen atoms in total. The fourth-order valence-electron chi connectivity index (χ4n) is 4.74. The van der Waals surface area contributed by atoms with E-state index in [1.165, 1.54) is 0 Å². The van der Waals surface area contributed by atoms with E-state index in [2.05, 4.69) is 43.3 Å². The van der Waals surface area contributed by atoms with Crippen molar-refractivity contribution >= 4 is 22.5 Å². The molecule has 200 valence electrons. The van der Waals surface area contributed by atoms with Crippen molar-refractivity contribution in [2.24, 2.45) is 7.05 Å². The van der Waals surface area contributed by atoms with Crippen LogP contribution in [0.4, 0.5) is 5.69 Å². The molecule has 0 bridgehead atoms. The summed E-state index contributed by atoms with van der Waals surface area (Å²) < 4.78 is 1.89. The van der Waals surface area contributed by atoms with Crippen LogP contribution in [0.1, 0.15) is 45.5 Å². The second-order valence-corrected chi connectivity index (χ2v) is 10.3. The van der Waals surface area contributed by atoms with Crippen molar-refractivity contribution < 1.29 is 4.79 Å². The molecule has 0 spiro atoms. The molecule has 4 rings (SSSR count). The molecule has 0 radical (unpaired) electrons. The first-order valence-corrected chi connectivity index (χ1v) is 13.1. The van der Waals surface area contributed by atoms with Gasteiger partial charge in [-0.1, -0.05) is 18.6 Å². The van der Waals surface area contributed by atoms with Crippen molar-refractivity contribution in [1.82, 2.24) is 29.5 Å². The number of amides is 1. The molecule has 0 saturated heterocycles. The van der Waals surface area contributed by atoms with Gasteiger partial charge >= 0.3 is 0 Å². The normalized spacial score (nSPS) is 11.4. The van der Waals surface area contributed by atoms with E-state index >= 15 is 0 Å². The number of aromatic nitrogens is 4. The van der Waals surface area contributed by atoms with E-state index in [0.29, 0.717) is 17.8 Å². The molecule has 0 aliphatic heterocycles. The van der Waals surface area contributed by atoms with Gasteiger partial charge in [-0.2, -0.15) is 5.10 Å². The molecule has 38 heavy (non-hydrogen) atoms. The largest absolute Gasteiger partial charge is 0.382 e. The Morgan fingerprint density at radius 3 is 2.42 bits per heavy atom. The third-order valence-corrected chi connectivity index (χ3v) is 7.01. The van der Waals surface area contributed by atoms with E-state index in [1.54, 1.807) is 4.90 Å². The lowest BCUT2D eigenvalue weighted by Gasteiger charge is -2.20. The van der Waals surface area contributed by atoms with Gasteiger partial charge in [-0.05, 0) is 77.2 Å². The molecule has 0 saturated carbocycles.